The molecule has 0 spiro atoms. The van der Waals surface area contributed by atoms with Crippen molar-refractivity contribution in [3.05, 3.63) is 28.0 Å². The lowest BCUT2D eigenvalue weighted by molar-refractivity contribution is -0.114. The third-order valence-corrected chi connectivity index (χ3v) is 3.76. The average molecular weight is 298 g/mol. The Morgan fingerprint density at radius 2 is 2.06 bits per heavy atom. The Bertz CT molecular complexity index is 540. The van der Waals surface area contributed by atoms with Gasteiger partial charge in [-0.25, -0.2) is 4.39 Å². The van der Waals surface area contributed by atoms with E-state index in [1.165, 1.54) is 17.0 Å². The van der Waals surface area contributed by atoms with Crippen LogP contribution in [0.3, 0.4) is 0 Å². The van der Waals surface area contributed by atoms with Crippen molar-refractivity contribution in [3.63, 3.8) is 0 Å². The molecular weight excluding hydrogens is 289 g/mol. The maximum atomic E-state index is 13.5. The summed E-state index contributed by atoms with van der Waals surface area (Å²) in [6, 6.07) is 2.64. The minimum Gasteiger partial charge on any atom is -0.304 e. The zero-order valence-electron chi connectivity index (χ0n) is 8.87. The molecule has 0 saturated heterocycles. The number of amides is 1. The Kier molecular flexibility index (Phi) is 2.33. The van der Waals surface area contributed by atoms with E-state index >= 15 is 0 Å². The first-order valence-corrected chi connectivity index (χ1v) is 6.22. The summed E-state index contributed by atoms with van der Waals surface area (Å²) in [6.45, 7) is 0.526. The molecule has 0 aromatic heterocycles. The fraction of sp³-hybridized carbons (Fsp3) is 0.333. The second kappa shape index (κ2) is 3.63. The van der Waals surface area contributed by atoms with Gasteiger partial charge in [0, 0.05) is 6.54 Å². The SMILES string of the molecule is O=C1C(=O)N(CC2CC2)c2cc(F)c(Br)cc21. The standard InChI is InChI=1S/C12H9BrFNO2/c13-8-3-7-10(4-9(8)14)15(5-6-1-2-6)12(17)11(7)16/h3-4,6H,1-2,5H2. The van der Waals surface area contributed by atoms with Crippen LogP contribution in [0.25, 0.3) is 0 Å². The molecule has 0 atom stereocenters. The van der Waals surface area contributed by atoms with E-state index in [0.29, 0.717) is 23.7 Å². The van der Waals surface area contributed by atoms with E-state index in [2.05, 4.69) is 15.9 Å². The van der Waals surface area contributed by atoms with Gasteiger partial charge < -0.3 is 4.90 Å². The van der Waals surface area contributed by atoms with E-state index in [4.69, 9.17) is 0 Å². The number of carbonyl (C=O) groups excluding carboxylic acids is 2. The van der Waals surface area contributed by atoms with Gasteiger partial charge in [0.15, 0.2) is 0 Å². The van der Waals surface area contributed by atoms with Crippen LogP contribution in [0.4, 0.5) is 10.1 Å². The van der Waals surface area contributed by atoms with Crippen molar-refractivity contribution in [1.82, 2.24) is 0 Å². The van der Waals surface area contributed by atoms with Gasteiger partial charge in [-0.1, -0.05) is 0 Å². The van der Waals surface area contributed by atoms with Crippen molar-refractivity contribution in [2.24, 2.45) is 5.92 Å². The Morgan fingerprint density at radius 1 is 1.35 bits per heavy atom. The lowest BCUT2D eigenvalue weighted by Gasteiger charge is -2.15. The van der Waals surface area contributed by atoms with Crippen molar-refractivity contribution in [3.8, 4) is 0 Å². The summed E-state index contributed by atoms with van der Waals surface area (Å²) in [5.74, 6) is -1.07. The van der Waals surface area contributed by atoms with Crippen LogP contribution in [0, 0.1) is 11.7 Å². The molecule has 1 saturated carbocycles. The molecule has 3 nitrogen and oxygen atoms in total. The van der Waals surface area contributed by atoms with E-state index in [1.807, 2.05) is 0 Å². The molecule has 1 aliphatic carbocycles. The molecule has 2 aliphatic rings. The highest BCUT2D eigenvalue weighted by molar-refractivity contribution is 9.10. The van der Waals surface area contributed by atoms with Crippen molar-refractivity contribution in [2.75, 3.05) is 11.4 Å². The number of carbonyl (C=O) groups is 2. The minimum atomic E-state index is -0.540. The van der Waals surface area contributed by atoms with Gasteiger partial charge in [0.25, 0.3) is 11.7 Å². The quantitative estimate of drug-likeness (QED) is 0.787. The summed E-state index contributed by atoms with van der Waals surface area (Å²) in [5, 5.41) is 0. The molecule has 1 aromatic rings. The Balaban J connectivity index is 2.07. The largest absolute Gasteiger partial charge is 0.304 e. The first-order valence-electron chi connectivity index (χ1n) is 5.43. The van der Waals surface area contributed by atoms with Crippen LogP contribution in [0.2, 0.25) is 0 Å². The summed E-state index contributed by atoms with van der Waals surface area (Å²) >= 11 is 3.02. The highest BCUT2D eigenvalue weighted by Crippen LogP contribution is 2.37. The monoisotopic (exact) mass is 297 g/mol. The molecular formula is C12H9BrFNO2. The molecule has 5 heteroatoms. The number of halogens is 2. The van der Waals surface area contributed by atoms with Crippen LogP contribution < -0.4 is 4.90 Å². The second-order valence-corrected chi connectivity index (χ2v) is 5.33. The van der Waals surface area contributed by atoms with Crippen molar-refractivity contribution in [2.45, 2.75) is 12.8 Å². The number of hydrogen-bond acceptors (Lipinski definition) is 2. The molecule has 1 aromatic carbocycles. The van der Waals surface area contributed by atoms with Gasteiger partial charge >= 0.3 is 0 Å². The zero-order valence-corrected chi connectivity index (χ0v) is 10.5. The normalized spacial score (nSPS) is 18.8. The number of nitrogens with zero attached hydrogens (tertiary/aromatic N) is 1. The fourth-order valence-electron chi connectivity index (χ4n) is 2.03. The third kappa shape index (κ3) is 1.69. The van der Waals surface area contributed by atoms with Crippen molar-refractivity contribution < 1.29 is 14.0 Å². The molecule has 0 radical (unpaired) electrons. The predicted octanol–water partition coefficient (Wildman–Crippen LogP) is 2.53. The van der Waals surface area contributed by atoms with Gasteiger partial charge in [0.1, 0.15) is 5.82 Å². The van der Waals surface area contributed by atoms with Crippen molar-refractivity contribution >= 4 is 33.3 Å². The number of anilines is 1. The Hall–Kier alpha value is -1.23. The smallest absolute Gasteiger partial charge is 0.299 e. The van der Waals surface area contributed by atoms with E-state index in [1.54, 1.807) is 0 Å². The van der Waals surface area contributed by atoms with Crippen LogP contribution in [-0.4, -0.2) is 18.2 Å². The van der Waals surface area contributed by atoms with E-state index < -0.39 is 17.5 Å². The molecule has 1 aliphatic heterocycles. The molecule has 0 unspecified atom stereocenters. The highest BCUT2D eigenvalue weighted by Gasteiger charge is 2.39. The van der Waals surface area contributed by atoms with Crippen molar-refractivity contribution in [1.29, 1.82) is 0 Å². The average Bonchev–Trinajstić information content (AvgIpc) is 3.07. The number of Topliss-reactive ketones (excluding diaryl/α,β-unsaturated/α-hetero) is 1. The summed E-state index contributed by atoms with van der Waals surface area (Å²) in [6.07, 6.45) is 2.15. The minimum absolute atomic E-state index is 0.214. The molecule has 0 bridgehead atoms. The topological polar surface area (TPSA) is 37.4 Å². The van der Waals surface area contributed by atoms with E-state index in [0.717, 1.165) is 12.8 Å². The maximum Gasteiger partial charge on any atom is 0.299 e. The number of fused-ring (bicyclic) bond motifs is 1. The third-order valence-electron chi connectivity index (χ3n) is 3.15. The lowest BCUT2D eigenvalue weighted by Crippen LogP contribution is -2.31. The van der Waals surface area contributed by atoms with Crippen LogP contribution in [0.1, 0.15) is 23.2 Å². The highest BCUT2D eigenvalue weighted by atomic mass is 79.9. The molecule has 1 fully saturated rings. The Morgan fingerprint density at radius 3 is 2.71 bits per heavy atom. The fourth-order valence-corrected chi connectivity index (χ4v) is 2.37. The predicted molar refractivity (Wildman–Crippen MR) is 63.5 cm³/mol. The van der Waals surface area contributed by atoms with Gasteiger partial charge in [-0.3, -0.25) is 9.59 Å². The van der Waals surface area contributed by atoms with Gasteiger partial charge in [0.2, 0.25) is 0 Å². The zero-order chi connectivity index (χ0) is 12.2. The van der Waals surface area contributed by atoms with Gasteiger partial charge in [-0.2, -0.15) is 0 Å². The number of hydrogen-bond donors (Lipinski definition) is 0. The van der Waals surface area contributed by atoms with Gasteiger partial charge in [-0.15, -0.1) is 0 Å². The lowest BCUT2D eigenvalue weighted by atomic mass is 10.1. The second-order valence-electron chi connectivity index (χ2n) is 4.47. The molecule has 1 amide bonds. The molecule has 3 rings (SSSR count). The first-order chi connectivity index (χ1) is 8.08. The van der Waals surface area contributed by atoms with E-state index in [-0.39, 0.29) is 4.47 Å². The molecule has 17 heavy (non-hydrogen) atoms. The number of ketones is 1. The number of benzene rings is 1. The van der Waals surface area contributed by atoms with Crippen LogP contribution in [0.5, 0.6) is 0 Å². The molecule has 88 valence electrons. The molecule has 1 heterocycles. The summed E-state index contributed by atoms with van der Waals surface area (Å²) < 4.78 is 13.7. The van der Waals surface area contributed by atoms with Crippen LogP contribution >= 0.6 is 15.9 Å². The van der Waals surface area contributed by atoms with Crippen LogP contribution in [-0.2, 0) is 4.79 Å². The van der Waals surface area contributed by atoms with E-state index in [9.17, 15) is 14.0 Å². The number of rotatable bonds is 2. The maximum absolute atomic E-state index is 13.5. The summed E-state index contributed by atoms with van der Waals surface area (Å²) in [5.41, 5.74) is 0.705. The summed E-state index contributed by atoms with van der Waals surface area (Å²) in [7, 11) is 0. The van der Waals surface area contributed by atoms with Gasteiger partial charge in [0.05, 0.1) is 15.7 Å². The van der Waals surface area contributed by atoms with Crippen LogP contribution in [0.15, 0.2) is 16.6 Å². The first kappa shape index (κ1) is 10.9. The van der Waals surface area contributed by atoms with Gasteiger partial charge in [-0.05, 0) is 46.8 Å². The Labute approximate surface area is 106 Å². The summed E-state index contributed by atoms with van der Waals surface area (Å²) in [4.78, 5) is 24.9. The molecule has 0 N–H and O–H groups in total.